The number of nitrogens with two attached hydrogens (primary N) is 1. The van der Waals surface area contributed by atoms with Crippen molar-refractivity contribution in [2.45, 2.75) is 39.5 Å². The van der Waals surface area contributed by atoms with Crippen LogP contribution < -0.4 is 5.73 Å². The van der Waals surface area contributed by atoms with E-state index in [0.29, 0.717) is 11.8 Å². The Morgan fingerprint density at radius 2 is 2.00 bits per heavy atom. The predicted molar refractivity (Wildman–Crippen MR) is 91.9 cm³/mol. The highest BCUT2D eigenvalue weighted by atomic mass is 16.3. The molecule has 3 aromatic rings. The van der Waals surface area contributed by atoms with Crippen LogP contribution >= 0.6 is 0 Å². The lowest BCUT2D eigenvalue weighted by Gasteiger charge is -2.09. The third-order valence-corrected chi connectivity index (χ3v) is 4.23. The molecule has 1 aromatic heterocycles. The van der Waals surface area contributed by atoms with Crippen molar-refractivity contribution in [1.29, 1.82) is 0 Å². The number of nitrogen functional groups attached to an aromatic ring is 1. The topological polar surface area (TPSA) is 52.0 Å². The number of anilines is 1. The molecular weight excluding hydrogens is 272 g/mol. The molecule has 0 aliphatic carbocycles. The summed E-state index contributed by atoms with van der Waals surface area (Å²) in [6, 6.07) is 12.2. The van der Waals surface area contributed by atoms with E-state index >= 15 is 0 Å². The molecular formula is C19H22N2O. The quantitative estimate of drug-likeness (QED) is 0.665. The first-order chi connectivity index (χ1) is 10.6. The zero-order valence-electron chi connectivity index (χ0n) is 13.4. The normalized spacial score (nSPS) is 12.7. The number of benzene rings is 2. The smallest absolute Gasteiger partial charge is 0.227 e. The van der Waals surface area contributed by atoms with Crippen LogP contribution in [-0.2, 0) is 0 Å². The molecule has 1 heterocycles. The number of hydrogen-bond donors (Lipinski definition) is 1. The van der Waals surface area contributed by atoms with E-state index in [0.717, 1.165) is 27.9 Å². The molecule has 22 heavy (non-hydrogen) atoms. The molecule has 0 saturated carbocycles. The number of aryl methyl sites for hydroxylation is 1. The van der Waals surface area contributed by atoms with Crippen molar-refractivity contribution in [3.63, 3.8) is 0 Å². The van der Waals surface area contributed by atoms with E-state index in [-0.39, 0.29) is 0 Å². The first-order valence-corrected chi connectivity index (χ1v) is 7.85. The summed E-state index contributed by atoms with van der Waals surface area (Å²) in [6.45, 7) is 6.46. The van der Waals surface area contributed by atoms with E-state index in [1.807, 2.05) is 31.2 Å². The van der Waals surface area contributed by atoms with Gasteiger partial charge in [-0.15, -0.1) is 0 Å². The van der Waals surface area contributed by atoms with Crippen LogP contribution in [0.15, 0.2) is 40.8 Å². The molecule has 0 aliphatic heterocycles. The first kappa shape index (κ1) is 14.6. The van der Waals surface area contributed by atoms with Crippen molar-refractivity contribution in [3.8, 4) is 11.5 Å². The van der Waals surface area contributed by atoms with Crippen LogP contribution in [0.3, 0.4) is 0 Å². The van der Waals surface area contributed by atoms with Gasteiger partial charge in [-0.3, -0.25) is 0 Å². The molecule has 0 saturated heterocycles. The monoisotopic (exact) mass is 294 g/mol. The number of aromatic nitrogens is 1. The van der Waals surface area contributed by atoms with E-state index < -0.39 is 0 Å². The minimum atomic E-state index is 0.546. The molecule has 114 valence electrons. The highest BCUT2D eigenvalue weighted by molar-refractivity contribution is 5.77. The lowest BCUT2D eigenvalue weighted by atomic mass is 9.96. The Balaban J connectivity index is 2.00. The Hall–Kier alpha value is -2.29. The van der Waals surface area contributed by atoms with E-state index in [4.69, 9.17) is 10.2 Å². The Morgan fingerprint density at radius 1 is 1.18 bits per heavy atom. The molecule has 0 radical (unpaired) electrons. The van der Waals surface area contributed by atoms with Crippen molar-refractivity contribution < 1.29 is 4.42 Å². The van der Waals surface area contributed by atoms with Gasteiger partial charge < -0.3 is 10.2 Å². The minimum absolute atomic E-state index is 0.546. The predicted octanol–water partition coefficient (Wildman–Crippen LogP) is 5.29. The SMILES string of the molecule is CCC[C@H](C)c1ccc2oc(-c3ccc(C)c(N)c3)nc2c1. The third kappa shape index (κ3) is 2.71. The zero-order valence-corrected chi connectivity index (χ0v) is 13.4. The Labute approximate surface area is 131 Å². The lowest BCUT2D eigenvalue weighted by Crippen LogP contribution is -1.92. The van der Waals surface area contributed by atoms with Gasteiger partial charge in [0.05, 0.1) is 0 Å². The van der Waals surface area contributed by atoms with Crippen LogP contribution in [0.5, 0.6) is 0 Å². The van der Waals surface area contributed by atoms with Crippen LogP contribution in [0.1, 0.15) is 43.7 Å². The van der Waals surface area contributed by atoms with Gasteiger partial charge in [0.25, 0.3) is 0 Å². The average Bonchev–Trinajstić information content (AvgIpc) is 2.93. The maximum absolute atomic E-state index is 5.98. The molecule has 0 unspecified atom stereocenters. The van der Waals surface area contributed by atoms with Gasteiger partial charge in [0.2, 0.25) is 5.89 Å². The van der Waals surface area contributed by atoms with Gasteiger partial charge in [0.15, 0.2) is 5.58 Å². The van der Waals surface area contributed by atoms with E-state index in [2.05, 4.69) is 31.0 Å². The van der Waals surface area contributed by atoms with Crippen LogP contribution in [0.2, 0.25) is 0 Å². The van der Waals surface area contributed by atoms with Crippen LogP contribution in [0.4, 0.5) is 5.69 Å². The highest BCUT2D eigenvalue weighted by Gasteiger charge is 2.12. The van der Waals surface area contributed by atoms with Gasteiger partial charge in [-0.1, -0.05) is 32.4 Å². The van der Waals surface area contributed by atoms with Gasteiger partial charge in [0.1, 0.15) is 5.52 Å². The van der Waals surface area contributed by atoms with Crippen molar-refractivity contribution in [3.05, 3.63) is 47.5 Å². The summed E-state index contributed by atoms with van der Waals surface area (Å²) < 4.78 is 5.88. The summed E-state index contributed by atoms with van der Waals surface area (Å²) in [5.74, 6) is 1.17. The van der Waals surface area contributed by atoms with Crippen molar-refractivity contribution in [1.82, 2.24) is 4.98 Å². The number of rotatable bonds is 4. The van der Waals surface area contributed by atoms with E-state index in [9.17, 15) is 0 Å². The molecule has 0 fully saturated rings. The van der Waals surface area contributed by atoms with Crippen molar-refractivity contribution in [2.75, 3.05) is 5.73 Å². The number of fused-ring (bicyclic) bond motifs is 1. The zero-order chi connectivity index (χ0) is 15.7. The largest absolute Gasteiger partial charge is 0.436 e. The summed E-state index contributed by atoms with van der Waals surface area (Å²) in [5.41, 5.74) is 11.8. The number of nitrogens with zero attached hydrogens (tertiary/aromatic N) is 1. The summed E-state index contributed by atoms with van der Waals surface area (Å²) in [5, 5.41) is 0. The number of hydrogen-bond acceptors (Lipinski definition) is 3. The van der Waals surface area contributed by atoms with E-state index in [1.54, 1.807) is 0 Å². The first-order valence-electron chi connectivity index (χ1n) is 7.85. The van der Waals surface area contributed by atoms with Crippen LogP contribution in [-0.4, -0.2) is 4.98 Å². The summed E-state index contributed by atoms with van der Waals surface area (Å²) in [6.07, 6.45) is 2.37. The molecule has 3 nitrogen and oxygen atoms in total. The van der Waals surface area contributed by atoms with Crippen LogP contribution in [0.25, 0.3) is 22.6 Å². The Morgan fingerprint density at radius 3 is 2.73 bits per heavy atom. The van der Waals surface area contributed by atoms with Crippen molar-refractivity contribution >= 4 is 16.8 Å². The maximum Gasteiger partial charge on any atom is 0.227 e. The molecule has 0 spiro atoms. The molecule has 2 aromatic carbocycles. The molecule has 1 atom stereocenters. The molecule has 0 aliphatic rings. The second-order valence-corrected chi connectivity index (χ2v) is 6.01. The van der Waals surface area contributed by atoms with E-state index in [1.165, 1.54) is 18.4 Å². The molecule has 2 N–H and O–H groups in total. The fraction of sp³-hybridized carbons (Fsp3) is 0.316. The fourth-order valence-electron chi connectivity index (χ4n) is 2.75. The van der Waals surface area contributed by atoms with Crippen molar-refractivity contribution in [2.24, 2.45) is 0 Å². The van der Waals surface area contributed by atoms with Gasteiger partial charge in [-0.2, -0.15) is 0 Å². The Kier molecular flexibility index (Phi) is 3.88. The summed E-state index contributed by atoms with van der Waals surface area (Å²) in [7, 11) is 0. The standard InChI is InChI=1S/C19H22N2O/c1-4-5-12(2)14-8-9-18-17(11-14)21-19(22-18)15-7-6-13(3)16(20)10-15/h6-12H,4-5,20H2,1-3H3/t12-/m0/s1. The highest BCUT2D eigenvalue weighted by Crippen LogP contribution is 2.29. The average molecular weight is 294 g/mol. The molecule has 0 bridgehead atoms. The van der Waals surface area contributed by atoms with Gasteiger partial charge in [-0.05, 0) is 54.7 Å². The second-order valence-electron chi connectivity index (χ2n) is 6.01. The molecule has 0 amide bonds. The maximum atomic E-state index is 5.98. The lowest BCUT2D eigenvalue weighted by molar-refractivity contribution is 0.619. The second kappa shape index (κ2) is 5.84. The van der Waals surface area contributed by atoms with Gasteiger partial charge in [-0.25, -0.2) is 4.98 Å². The number of oxazole rings is 1. The minimum Gasteiger partial charge on any atom is -0.436 e. The van der Waals surface area contributed by atoms with Gasteiger partial charge in [0, 0.05) is 11.3 Å². The third-order valence-electron chi connectivity index (χ3n) is 4.23. The summed E-state index contributed by atoms with van der Waals surface area (Å²) >= 11 is 0. The molecule has 3 heteroatoms. The Bertz CT molecular complexity index is 804. The van der Waals surface area contributed by atoms with Crippen LogP contribution in [0, 0.1) is 6.92 Å². The van der Waals surface area contributed by atoms with Gasteiger partial charge >= 0.3 is 0 Å². The summed E-state index contributed by atoms with van der Waals surface area (Å²) in [4.78, 5) is 4.63. The molecule has 3 rings (SSSR count). The fourth-order valence-corrected chi connectivity index (χ4v) is 2.75.